The molecule has 2 saturated carbocycles. The molecule has 3 unspecified atom stereocenters. The van der Waals surface area contributed by atoms with Gasteiger partial charge in [-0.15, -0.1) is 0 Å². The smallest absolute Gasteiger partial charge is 0.255 e. The molecule has 0 heterocycles. The third-order valence-electron chi connectivity index (χ3n) is 9.04. The van der Waals surface area contributed by atoms with E-state index in [9.17, 15) is 4.79 Å². The third-order valence-corrected chi connectivity index (χ3v) is 9.04. The molecule has 0 bridgehead atoms. The van der Waals surface area contributed by atoms with Crippen molar-refractivity contribution in [3.05, 3.63) is 65.2 Å². The summed E-state index contributed by atoms with van der Waals surface area (Å²) in [5.74, 6) is 2.40. The number of nitrogens with one attached hydrogen (secondary N) is 1. The minimum atomic E-state index is -0.0270. The van der Waals surface area contributed by atoms with Crippen LogP contribution in [0.2, 0.25) is 0 Å². The molecule has 3 aliphatic rings. The summed E-state index contributed by atoms with van der Waals surface area (Å²) < 4.78 is 0. The second-order valence-electron chi connectivity index (χ2n) is 10.5. The number of hydrogen-bond acceptors (Lipinski definition) is 1. The SMILES string of the molecule is CC1(C)CCC2C3CCc4cc(NC(=O)c5ccccc5)ccc4C3CC[C@]21C. The molecular formula is C27H33NO. The standard InChI is InChI=1S/C27H33NO/c1-26(2)15-14-24-23-11-9-19-17-20(28-25(29)18-7-5-4-6-8-18)10-12-21(19)22(23)13-16-27(24,26)3/h4-8,10,12,17,22-24H,9,11,13-16H2,1-3H3,(H,28,29)/t22?,23?,24?,27-/m1/s1. The number of fused-ring (bicyclic) bond motifs is 5. The molecule has 2 aromatic rings. The van der Waals surface area contributed by atoms with E-state index in [1.807, 2.05) is 30.3 Å². The normalized spacial score (nSPS) is 32.0. The molecule has 0 radical (unpaired) electrons. The van der Waals surface area contributed by atoms with Gasteiger partial charge in [0.15, 0.2) is 0 Å². The van der Waals surface area contributed by atoms with Gasteiger partial charge in [0.1, 0.15) is 0 Å². The topological polar surface area (TPSA) is 29.1 Å². The number of rotatable bonds is 2. The Morgan fingerprint density at radius 2 is 1.76 bits per heavy atom. The van der Waals surface area contributed by atoms with Gasteiger partial charge in [-0.25, -0.2) is 0 Å². The minimum absolute atomic E-state index is 0.0270. The first-order valence-corrected chi connectivity index (χ1v) is 11.4. The Kier molecular flexibility index (Phi) is 4.38. The van der Waals surface area contributed by atoms with Gasteiger partial charge in [-0.2, -0.15) is 0 Å². The highest BCUT2D eigenvalue weighted by molar-refractivity contribution is 6.04. The van der Waals surface area contributed by atoms with Crippen molar-refractivity contribution in [3.63, 3.8) is 0 Å². The van der Waals surface area contributed by atoms with Crippen LogP contribution in [-0.2, 0) is 6.42 Å². The molecule has 5 rings (SSSR count). The highest BCUT2D eigenvalue weighted by Crippen LogP contribution is 2.67. The molecule has 2 aromatic carbocycles. The molecule has 0 aromatic heterocycles. The van der Waals surface area contributed by atoms with E-state index in [1.54, 1.807) is 5.56 Å². The molecule has 4 atom stereocenters. The Hall–Kier alpha value is -2.09. The fraction of sp³-hybridized carbons (Fsp3) is 0.519. The van der Waals surface area contributed by atoms with Crippen molar-refractivity contribution >= 4 is 11.6 Å². The fourth-order valence-corrected chi connectivity index (χ4v) is 6.95. The molecule has 152 valence electrons. The van der Waals surface area contributed by atoms with Crippen LogP contribution in [0.1, 0.15) is 80.3 Å². The summed E-state index contributed by atoms with van der Waals surface area (Å²) in [6.45, 7) is 7.59. The van der Waals surface area contributed by atoms with E-state index in [0.717, 1.165) is 23.9 Å². The lowest BCUT2D eigenvalue weighted by Crippen LogP contribution is -2.45. The summed E-state index contributed by atoms with van der Waals surface area (Å²) in [7, 11) is 0. The first kappa shape index (κ1) is 18.9. The van der Waals surface area contributed by atoms with Crippen LogP contribution >= 0.6 is 0 Å². The number of carbonyl (C=O) groups is 1. The first-order chi connectivity index (χ1) is 13.9. The van der Waals surface area contributed by atoms with Crippen LogP contribution in [0.4, 0.5) is 5.69 Å². The molecule has 29 heavy (non-hydrogen) atoms. The van der Waals surface area contributed by atoms with Gasteiger partial charge in [-0.3, -0.25) is 4.79 Å². The van der Waals surface area contributed by atoms with E-state index >= 15 is 0 Å². The zero-order valence-electron chi connectivity index (χ0n) is 18.0. The Bertz CT molecular complexity index is 931. The Balaban J connectivity index is 1.38. The van der Waals surface area contributed by atoms with Gasteiger partial charge >= 0.3 is 0 Å². The average molecular weight is 388 g/mol. The molecule has 2 heteroatoms. The number of carbonyl (C=O) groups excluding carboxylic acids is 1. The van der Waals surface area contributed by atoms with Crippen molar-refractivity contribution in [1.29, 1.82) is 0 Å². The molecule has 0 spiro atoms. The van der Waals surface area contributed by atoms with Crippen LogP contribution < -0.4 is 5.32 Å². The number of amides is 1. The largest absolute Gasteiger partial charge is 0.322 e. The summed E-state index contributed by atoms with van der Waals surface area (Å²) in [4.78, 5) is 12.5. The third kappa shape index (κ3) is 2.95. The van der Waals surface area contributed by atoms with Gasteiger partial charge in [0.05, 0.1) is 0 Å². The zero-order chi connectivity index (χ0) is 20.2. The maximum Gasteiger partial charge on any atom is 0.255 e. The zero-order valence-corrected chi connectivity index (χ0v) is 18.0. The lowest BCUT2D eigenvalue weighted by molar-refractivity contribution is -0.00852. The number of aryl methyl sites for hydroxylation is 1. The second-order valence-corrected chi connectivity index (χ2v) is 10.5. The molecular weight excluding hydrogens is 354 g/mol. The Labute approximate surface area is 175 Å². The molecule has 1 amide bonds. The Morgan fingerprint density at radius 3 is 2.55 bits per heavy atom. The fourth-order valence-electron chi connectivity index (χ4n) is 6.95. The predicted molar refractivity (Wildman–Crippen MR) is 119 cm³/mol. The van der Waals surface area contributed by atoms with Gasteiger partial charge in [-0.1, -0.05) is 45.0 Å². The monoisotopic (exact) mass is 387 g/mol. The van der Waals surface area contributed by atoms with Crippen molar-refractivity contribution < 1.29 is 4.79 Å². The van der Waals surface area contributed by atoms with Crippen molar-refractivity contribution in [3.8, 4) is 0 Å². The highest BCUT2D eigenvalue weighted by Gasteiger charge is 2.57. The summed E-state index contributed by atoms with van der Waals surface area (Å²) in [6.07, 6.45) is 7.93. The van der Waals surface area contributed by atoms with E-state index < -0.39 is 0 Å². The highest BCUT2D eigenvalue weighted by atomic mass is 16.1. The second kappa shape index (κ2) is 6.72. The van der Waals surface area contributed by atoms with Gasteiger partial charge in [0.25, 0.3) is 5.91 Å². The molecule has 0 saturated heterocycles. The van der Waals surface area contributed by atoms with Gasteiger partial charge in [0, 0.05) is 11.3 Å². The lowest BCUT2D eigenvalue weighted by Gasteiger charge is -2.53. The number of benzene rings is 2. The molecule has 0 aliphatic heterocycles. The van der Waals surface area contributed by atoms with Gasteiger partial charge in [0.2, 0.25) is 0 Å². The van der Waals surface area contributed by atoms with Crippen LogP contribution in [0.3, 0.4) is 0 Å². The van der Waals surface area contributed by atoms with Crippen LogP contribution in [0.15, 0.2) is 48.5 Å². The minimum Gasteiger partial charge on any atom is -0.322 e. The van der Waals surface area contributed by atoms with Crippen molar-refractivity contribution in [2.45, 2.75) is 65.2 Å². The van der Waals surface area contributed by atoms with Gasteiger partial charge in [-0.05, 0) is 103 Å². The molecule has 3 aliphatic carbocycles. The number of anilines is 1. The van der Waals surface area contributed by atoms with Crippen molar-refractivity contribution in [2.75, 3.05) is 5.32 Å². The number of hydrogen-bond donors (Lipinski definition) is 1. The predicted octanol–water partition coefficient (Wildman–Crippen LogP) is 6.82. The van der Waals surface area contributed by atoms with E-state index in [0.29, 0.717) is 22.3 Å². The maximum absolute atomic E-state index is 12.5. The quantitative estimate of drug-likeness (QED) is 0.602. The maximum atomic E-state index is 12.5. The molecule has 1 N–H and O–H groups in total. The van der Waals surface area contributed by atoms with Crippen molar-refractivity contribution in [1.82, 2.24) is 0 Å². The summed E-state index contributed by atoms with van der Waals surface area (Å²) in [5.41, 5.74) is 5.65. The van der Waals surface area contributed by atoms with Gasteiger partial charge < -0.3 is 5.32 Å². The lowest BCUT2D eigenvalue weighted by atomic mass is 9.51. The van der Waals surface area contributed by atoms with E-state index in [2.05, 4.69) is 44.3 Å². The summed E-state index contributed by atoms with van der Waals surface area (Å²) in [5, 5.41) is 3.10. The average Bonchev–Trinajstić information content (AvgIpc) is 2.97. The van der Waals surface area contributed by atoms with Crippen LogP contribution in [0.25, 0.3) is 0 Å². The van der Waals surface area contributed by atoms with Crippen LogP contribution in [0, 0.1) is 22.7 Å². The van der Waals surface area contributed by atoms with Crippen LogP contribution in [-0.4, -0.2) is 5.91 Å². The molecule has 2 fully saturated rings. The molecule has 2 nitrogen and oxygen atoms in total. The summed E-state index contributed by atoms with van der Waals surface area (Å²) >= 11 is 0. The van der Waals surface area contributed by atoms with Crippen LogP contribution in [0.5, 0.6) is 0 Å². The van der Waals surface area contributed by atoms with E-state index in [-0.39, 0.29) is 5.91 Å². The summed E-state index contributed by atoms with van der Waals surface area (Å²) in [6, 6.07) is 16.1. The first-order valence-electron chi connectivity index (χ1n) is 11.4. The van der Waals surface area contributed by atoms with E-state index in [4.69, 9.17) is 0 Å². The Morgan fingerprint density at radius 1 is 0.966 bits per heavy atom. The van der Waals surface area contributed by atoms with E-state index in [1.165, 1.54) is 37.7 Å². The van der Waals surface area contributed by atoms with Crippen molar-refractivity contribution in [2.24, 2.45) is 22.7 Å².